The minimum atomic E-state index is -1.51. The zero-order valence-electron chi connectivity index (χ0n) is 29.0. The molecule has 0 aliphatic heterocycles. The van der Waals surface area contributed by atoms with Crippen molar-refractivity contribution in [3.8, 4) is 5.75 Å². The molecule has 3 aromatic rings. The largest absolute Gasteiger partial charge is 0.508 e. The third-order valence-corrected chi connectivity index (χ3v) is 9.27. The summed E-state index contributed by atoms with van der Waals surface area (Å²) in [4.78, 5) is 49.5. The Morgan fingerprint density at radius 1 is 0.900 bits per heavy atom. The number of carboxylic acid groups (broad SMARTS) is 2. The highest BCUT2D eigenvalue weighted by atomic mass is 32.1. The first kappa shape index (κ1) is 40.1. The molecular weight excluding hydrogens is 659 g/mol. The van der Waals surface area contributed by atoms with Crippen LogP contribution in [0.15, 0.2) is 54.7 Å². The molecule has 1 unspecified atom stereocenters. The minimum absolute atomic E-state index is 0.162. The molecule has 2 aromatic carbocycles. The predicted octanol–water partition coefficient (Wildman–Crippen LogP) is 2.61. The summed E-state index contributed by atoms with van der Waals surface area (Å²) in [6.45, 7) is 5.06. The standard InChI is InChI=1S/C35H49BN6O7S/c1-23-7-9-24(10-8-23)35(2,25-11-13-28(43)14-12-25)15-5-16-37-29(33(46)47)18-32(45)39-30(34(48)49)19-31(44)38-26(20-36)6-3-4-17-42-21-27(22-50)40-41-42/h7-14,21,26,29-30,37,43,50H,3-6,15-20,22,36H2,1-2H3,(H,38,44)(H,39,45)(H,46,47)(H,48,49)/t26-,29-,30-,35?/m0/s1. The molecule has 1 heterocycles. The molecule has 0 spiro atoms. The molecule has 1 aromatic heterocycles. The summed E-state index contributed by atoms with van der Waals surface area (Å²) in [7, 11) is 1.92. The Kier molecular flexibility index (Phi) is 15.8. The number of thiol groups is 1. The van der Waals surface area contributed by atoms with Crippen molar-refractivity contribution in [1.29, 1.82) is 0 Å². The van der Waals surface area contributed by atoms with E-state index in [1.807, 2.05) is 45.2 Å². The van der Waals surface area contributed by atoms with Gasteiger partial charge in [0.2, 0.25) is 11.8 Å². The normalized spacial score (nSPS) is 14.2. The van der Waals surface area contributed by atoms with Crippen LogP contribution in [0.1, 0.15) is 74.3 Å². The summed E-state index contributed by atoms with van der Waals surface area (Å²) in [5, 5.41) is 45.5. The number of phenols is 1. The maximum Gasteiger partial charge on any atom is 0.326 e. The van der Waals surface area contributed by atoms with Crippen LogP contribution >= 0.6 is 12.6 Å². The van der Waals surface area contributed by atoms with Crippen LogP contribution < -0.4 is 16.0 Å². The van der Waals surface area contributed by atoms with E-state index >= 15 is 0 Å². The molecule has 3 rings (SSSR count). The highest BCUT2D eigenvalue weighted by molar-refractivity contribution is 7.79. The van der Waals surface area contributed by atoms with Crippen molar-refractivity contribution in [3.05, 3.63) is 77.1 Å². The molecule has 15 heteroatoms. The number of carbonyl (C=O) groups excluding carboxylic acids is 2. The van der Waals surface area contributed by atoms with Gasteiger partial charge in [0.05, 0.1) is 18.5 Å². The van der Waals surface area contributed by atoms with Gasteiger partial charge in [-0.25, -0.2) is 4.79 Å². The van der Waals surface area contributed by atoms with Crippen molar-refractivity contribution in [2.24, 2.45) is 0 Å². The second kappa shape index (κ2) is 19.7. The lowest BCUT2D eigenvalue weighted by Crippen LogP contribution is -2.48. The Balaban J connectivity index is 1.49. The lowest BCUT2D eigenvalue weighted by molar-refractivity contribution is -0.144. The SMILES string of the molecule is BC[C@H](CCCCn1cc(CS)nn1)NC(=O)C[C@H](NC(=O)C[C@H](NCCCC(C)(c1ccc(C)cc1)c1ccc(O)cc1)C(=O)O)C(=O)O. The number of unbranched alkanes of at least 4 members (excludes halogenated alkanes) is 1. The first-order valence-electron chi connectivity index (χ1n) is 17.0. The second-order valence-corrected chi connectivity index (χ2v) is 13.2. The highest BCUT2D eigenvalue weighted by Gasteiger charge is 2.30. The number of rotatable bonds is 22. The van der Waals surface area contributed by atoms with Gasteiger partial charge in [-0.3, -0.25) is 19.1 Å². The quantitative estimate of drug-likeness (QED) is 0.0463. The fourth-order valence-corrected chi connectivity index (χ4v) is 5.99. The van der Waals surface area contributed by atoms with Gasteiger partial charge in [0, 0.05) is 30.0 Å². The number of hydrogen-bond donors (Lipinski definition) is 7. The lowest BCUT2D eigenvalue weighted by Gasteiger charge is -2.32. The summed E-state index contributed by atoms with van der Waals surface area (Å²) in [6, 6.07) is 12.3. The topological polar surface area (TPSA) is 196 Å². The van der Waals surface area contributed by atoms with Gasteiger partial charge in [0.25, 0.3) is 0 Å². The number of carboxylic acids is 2. The number of aryl methyl sites for hydroxylation is 2. The average Bonchev–Trinajstić information content (AvgIpc) is 3.55. The number of phenolic OH excluding ortho intramolecular Hbond substituents is 1. The van der Waals surface area contributed by atoms with Crippen LogP contribution in [0.5, 0.6) is 5.75 Å². The molecule has 2 amide bonds. The first-order valence-corrected chi connectivity index (χ1v) is 17.6. The number of nitrogens with zero attached hydrogens (tertiary/aromatic N) is 3. The molecule has 6 N–H and O–H groups in total. The van der Waals surface area contributed by atoms with Crippen LogP contribution in [0.3, 0.4) is 0 Å². The van der Waals surface area contributed by atoms with Crippen LogP contribution in [0.25, 0.3) is 0 Å². The van der Waals surface area contributed by atoms with E-state index < -0.39 is 54.1 Å². The van der Waals surface area contributed by atoms with Crippen LogP contribution in [-0.2, 0) is 36.9 Å². The lowest BCUT2D eigenvalue weighted by atomic mass is 9.73. The monoisotopic (exact) mass is 708 g/mol. The number of hydrogen-bond acceptors (Lipinski definition) is 9. The van der Waals surface area contributed by atoms with E-state index in [2.05, 4.69) is 57.9 Å². The van der Waals surface area contributed by atoms with E-state index in [0.29, 0.717) is 37.9 Å². The second-order valence-electron chi connectivity index (χ2n) is 12.9. The van der Waals surface area contributed by atoms with Gasteiger partial charge in [-0.05, 0) is 68.8 Å². The Bertz CT molecular complexity index is 1510. The summed E-state index contributed by atoms with van der Waals surface area (Å²) in [6.07, 6.45) is 5.00. The summed E-state index contributed by atoms with van der Waals surface area (Å²) >= 11 is 4.18. The summed E-state index contributed by atoms with van der Waals surface area (Å²) in [5.74, 6) is -3.27. The van der Waals surface area contributed by atoms with Crippen LogP contribution in [0.2, 0.25) is 6.32 Å². The molecule has 270 valence electrons. The molecule has 0 aliphatic carbocycles. The Hall–Kier alpha value is -4.37. The van der Waals surface area contributed by atoms with Gasteiger partial charge < -0.3 is 31.3 Å². The van der Waals surface area contributed by atoms with Crippen molar-refractivity contribution in [2.75, 3.05) is 6.54 Å². The number of benzene rings is 2. The third-order valence-electron chi connectivity index (χ3n) is 8.94. The van der Waals surface area contributed by atoms with Crippen LogP contribution in [-0.4, -0.2) is 86.6 Å². The van der Waals surface area contributed by atoms with Gasteiger partial charge in [-0.2, -0.15) is 12.6 Å². The average molecular weight is 709 g/mol. The maximum atomic E-state index is 12.8. The van der Waals surface area contributed by atoms with E-state index in [4.69, 9.17) is 0 Å². The van der Waals surface area contributed by atoms with Gasteiger partial charge in [-0.1, -0.05) is 60.4 Å². The molecule has 50 heavy (non-hydrogen) atoms. The Morgan fingerprint density at radius 3 is 2.08 bits per heavy atom. The number of carbonyl (C=O) groups is 4. The van der Waals surface area contributed by atoms with Gasteiger partial charge in [0.1, 0.15) is 25.7 Å². The minimum Gasteiger partial charge on any atom is -0.508 e. The first-order chi connectivity index (χ1) is 23.8. The highest BCUT2D eigenvalue weighted by Crippen LogP contribution is 2.37. The van der Waals surface area contributed by atoms with Gasteiger partial charge >= 0.3 is 11.9 Å². The summed E-state index contributed by atoms with van der Waals surface area (Å²) < 4.78 is 1.75. The van der Waals surface area contributed by atoms with Gasteiger partial charge in [-0.15, -0.1) is 5.10 Å². The zero-order valence-corrected chi connectivity index (χ0v) is 29.9. The van der Waals surface area contributed by atoms with Gasteiger partial charge in [0.15, 0.2) is 0 Å². The third kappa shape index (κ3) is 12.5. The molecule has 4 atom stereocenters. The van der Waals surface area contributed by atoms with Crippen LogP contribution in [0.4, 0.5) is 0 Å². The van der Waals surface area contributed by atoms with Crippen molar-refractivity contribution in [3.63, 3.8) is 0 Å². The maximum absolute atomic E-state index is 12.8. The number of aromatic hydroxyl groups is 1. The number of nitrogens with one attached hydrogen (secondary N) is 3. The molecule has 13 nitrogen and oxygen atoms in total. The summed E-state index contributed by atoms with van der Waals surface area (Å²) in [5.41, 5.74) is 3.55. The van der Waals surface area contributed by atoms with E-state index in [-0.39, 0.29) is 18.3 Å². The Labute approximate surface area is 299 Å². The van der Waals surface area contributed by atoms with E-state index in [9.17, 15) is 34.5 Å². The number of aromatic nitrogens is 3. The molecule has 0 fully saturated rings. The Morgan fingerprint density at radius 2 is 1.50 bits per heavy atom. The molecule has 0 saturated carbocycles. The molecule has 0 radical (unpaired) electrons. The zero-order chi connectivity index (χ0) is 36.7. The smallest absolute Gasteiger partial charge is 0.326 e. The van der Waals surface area contributed by atoms with Crippen molar-refractivity contribution in [2.45, 2.75) is 101 Å². The van der Waals surface area contributed by atoms with E-state index in [0.717, 1.165) is 35.2 Å². The predicted molar refractivity (Wildman–Crippen MR) is 195 cm³/mol. The number of aliphatic carboxylic acids is 2. The fraction of sp³-hybridized carbons (Fsp3) is 0.486. The molecule has 0 saturated heterocycles. The van der Waals surface area contributed by atoms with E-state index in [1.165, 1.54) is 0 Å². The molecule has 0 bridgehead atoms. The van der Waals surface area contributed by atoms with Crippen molar-refractivity contribution < 1.29 is 34.5 Å². The van der Waals surface area contributed by atoms with E-state index in [1.54, 1.807) is 16.8 Å². The fourth-order valence-electron chi connectivity index (χ4n) is 5.84. The molecule has 0 aliphatic rings. The molecular formula is C35H49BN6O7S. The van der Waals surface area contributed by atoms with Crippen LogP contribution in [0, 0.1) is 6.92 Å². The number of amides is 2. The van der Waals surface area contributed by atoms with Crippen molar-refractivity contribution >= 4 is 44.2 Å². The van der Waals surface area contributed by atoms with Crippen molar-refractivity contribution in [1.82, 2.24) is 30.9 Å².